The van der Waals surface area contributed by atoms with E-state index in [1.165, 1.54) is 6.42 Å². The molecule has 17 heavy (non-hydrogen) atoms. The number of carbonyl (C=O) groups is 1. The first kappa shape index (κ1) is 12.0. The van der Waals surface area contributed by atoms with Crippen LogP contribution in [0.25, 0.3) is 0 Å². The molecule has 1 atom stereocenters. The zero-order chi connectivity index (χ0) is 12.1. The number of likely N-dealkylation sites (tertiary alicyclic amines) is 1. The van der Waals surface area contributed by atoms with Crippen LogP contribution in [0.5, 0.6) is 0 Å². The Morgan fingerprint density at radius 3 is 2.47 bits per heavy atom. The lowest BCUT2D eigenvalue weighted by atomic mass is 10.1. The van der Waals surface area contributed by atoms with Crippen LogP contribution < -0.4 is 0 Å². The van der Waals surface area contributed by atoms with Crippen molar-refractivity contribution in [2.75, 3.05) is 13.1 Å². The molecule has 1 unspecified atom stereocenters. The minimum absolute atomic E-state index is 0.175. The highest BCUT2D eigenvalue weighted by atomic mass is 16.6. The van der Waals surface area contributed by atoms with Crippen LogP contribution >= 0.6 is 0 Å². The normalized spacial score (nSPS) is 17.6. The molecule has 1 heterocycles. The molecule has 0 radical (unpaired) electrons. The highest BCUT2D eigenvalue weighted by Crippen LogP contribution is 2.18. The monoisotopic (exact) mass is 233 g/mol. The first-order valence-corrected chi connectivity index (χ1v) is 6.28. The second-order valence-corrected chi connectivity index (χ2v) is 4.48. The molecule has 0 spiro atoms. The zero-order valence-electron chi connectivity index (χ0n) is 10.3. The van der Waals surface area contributed by atoms with Gasteiger partial charge in [-0.1, -0.05) is 30.3 Å². The fraction of sp³-hybridized carbons (Fsp3) is 0.500. The minimum atomic E-state index is -0.180. The van der Waals surface area contributed by atoms with Crippen LogP contribution in [0, 0.1) is 0 Å². The molecule has 2 rings (SSSR count). The summed E-state index contributed by atoms with van der Waals surface area (Å²) in [5.41, 5.74) is 1.04. The van der Waals surface area contributed by atoms with Crippen LogP contribution in [-0.2, 0) is 4.74 Å². The molecule has 1 saturated heterocycles. The number of hydrogen-bond acceptors (Lipinski definition) is 2. The van der Waals surface area contributed by atoms with Gasteiger partial charge in [0.2, 0.25) is 0 Å². The molecule has 3 heteroatoms. The molecule has 1 aliphatic rings. The van der Waals surface area contributed by atoms with Crippen LogP contribution in [0.15, 0.2) is 30.3 Å². The Balaban J connectivity index is 1.89. The van der Waals surface area contributed by atoms with Gasteiger partial charge >= 0.3 is 6.09 Å². The van der Waals surface area contributed by atoms with Gasteiger partial charge < -0.3 is 9.64 Å². The van der Waals surface area contributed by atoms with E-state index in [9.17, 15) is 4.79 Å². The quantitative estimate of drug-likeness (QED) is 0.783. The summed E-state index contributed by atoms with van der Waals surface area (Å²) in [7, 11) is 0. The highest BCUT2D eigenvalue weighted by molar-refractivity contribution is 5.68. The summed E-state index contributed by atoms with van der Waals surface area (Å²) in [6.07, 6.45) is 3.05. The summed E-state index contributed by atoms with van der Waals surface area (Å²) in [4.78, 5) is 13.7. The van der Waals surface area contributed by atoms with Gasteiger partial charge in [-0.05, 0) is 31.7 Å². The van der Waals surface area contributed by atoms with Gasteiger partial charge in [-0.25, -0.2) is 4.79 Å². The summed E-state index contributed by atoms with van der Waals surface area (Å²) < 4.78 is 5.46. The topological polar surface area (TPSA) is 29.5 Å². The molecule has 1 aliphatic heterocycles. The maximum Gasteiger partial charge on any atom is 0.410 e. The standard InChI is InChI=1S/C14H19NO2/c1-12(13-8-4-2-5-9-13)17-14(16)15-10-6-3-7-11-15/h2,4-5,8-9,12H,3,6-7,10-11H2,1H3. The lowest BCUT2D eigenvalue weighted by molar-refractivity contribution is 0.0643. The van der Waals surface area contributed by atoms with Crippen molar-refractivity contribution >= 4 is 6.09 Å². The number of hydrogen-bond donors (Lipinski definition) is 0. The second kappa shape index (κ2) is 5.71. The van der Waals surface area contributed by atoms with Crippen LogP contribution in [0.1, 0.15) is 37.9 Å². The zero-order valence-corrected chi connectivity index (χ0v) is 10.3. The average Bonchev–Trinajstić information content (AvgIpc) is 2.40. The van der Waals surface area contributed by atoms with Crippen molar-refractivity contribution in [3.05, 3.63) is 35.9 Å². The van der Waals surface area contributed by atoms with Gasteiger partial charge in [0.1, 0.15) is 6.10 Å². The lowest BCUT2D eigenvalue weighted by Gasteiger charge is -2.27. The Labute approximate surface area is 102 Å². The summed E-state index contributed by atoms with van der Waals surface area (Å²) in [6, 6.07) is 9.84. The molecule has 0 aromatic heterocycles. The van der Waals surface area contributed by atoms with Crippen molar-refractivity contribution in [1.29, 1.82) is 0 Å². The van der Waals surface area contributed by atoms with Crippen LogP contribution in [0.3, 0.4) is 0 Å². The molecule has 1 aromatic carbocycles. The van der Waals surface area contributed by atoms with E-state index in [0.717, 1.165) is 31.5 Å². The minimum Gasteiger partial charge on any atom is -0.442 e. The van der Waals surface area contributed by atoms with Crippen LogP contribution in [0.4, 0.5) is 4.79 Å². The molecule has 3 nitrogen and oxygen atoms in total. The van der Waals surface area contributed by atoms with Gasteiger partial charge in [-0.2, -0.15) is 0 Å². The van der Waals surface area contributed by atoms with Crippen molar-refractivity contribution in [1.82, 2.24) is 4.90 Å². The molecule has 0 N–H and O–H groups in total. The summed E-state index contributed by atoms with van der Waals surface area (Å²) in [5, 5.41) is 0. The summed E-state index contributed by atoms with van der Waals surface area (Å²) in [6.45, 7) is 3.58. The third-order valence-electron chi connectivity index (χ3n) is 3.16. The summed E-state index contributed by atoms with van der Waals surface area (Å²) in [5.74, 6) is 0. The number of carbonyl (C=O) groups excluding carboxylic acids is 1. The third-order valence-corrected chi connectivity index (χ3v) is 3.16. The van der Waals surface area contributed by atoms with Gasteiger partial charge in [-0.15, -0.1) is 0 Å². The van der Waals surface area contributed by atoms with Crippen molar-refractivity contribution in [3.63, 3.8) is 0 Å². The maximum absolute atomic E-state index is 11.9. The predicted molar refractivity (Wildman–Crippen MR) is 66.8 cm³/mol. The summed E-state index contributed by atoms with van der Waals surface area (Å²) >= 11 is 0. The number of amides is 1. The molecule has 1 amide bonds. The van der Waals surface area contributed by atoms with E-state index in [4.69, 9.17) is 4.74 Å². The number of nitrogens with zero attached hydrogens (tertiary/aromatic N) is 1. The predicted octanol–water partition coefficient (Wildman–Crippen LogP) is 3.37. The molecule has 0 bridgehead atoms. The lowest BCUT2D eigenvalue weighted by Crippen LogP contribution is -2.36. The Kier molecular flexibility index (Phi) is 4.02. The van der Waals surface area contributed by atoms with E-state index in [2.05, 4.69) is 0 Å². The van der Waals surface area contributed by atoms with E-state index in [0.29, 0.717) is 0 Å². The number of ether oxygens (including phenoxy) is 1. The molecule has 0 saturated carbocycles. The molecule has 1 aromatic rings. The van der Waals surface area contributed by atoms with Crippen molar-refractivity contribution in [2.24, 2.45) is 0 Å². The maximum atomic E-state index is 11.9. The van der Waals surface area contributed by atoms with Crippen molar-refractivity contribution in [3.8, 4) is 0 Å². The number of benzene rings is 1. The first-order chi connectivity index (χ1) is 8.27. The molecular weight excluding hydrogens is 214 g/mol. The average molecular weight is 233 g/mol. The van der Waals surface area contributed by atoms with E-state index in [1.54, 1.807) is 0 Å². The largest absolute Gasteiger partial charge is 0.442 e. The molecular formula is C14H19NO2. The van der Waals surface area contributed by atoms with E-state index < -0.39 is 0 Å². The first-order valence-electron chi connectivity index (χ1n) is 6.28. The fourth-order valence-electron chi connectivity index (χ4n) is 2.09. The Morgan fingerprint density at radius 1 is 1.18 bits per heavy atom. The second-order valence-electron chi connectivity index (χ2n) is 4.48. The Morgan fingerprint density at radius 2 is 1.82 bits per heavy atom. The van der Waals surface area contributed by atoms with Gasteiger partial charge in [-0.3, -0.25) is 0 Å². The Bertz CT molecular complexity index is 358. The molecule has 1 fully saturated rings. The van der Waals surface area contributed by atoms with Gasteiger partial charge in [0.25, 0.3) is 0 Å². The number of rotatable bonds is 2. The molecule has 92 valence electrons. The van der Waals surface area contributed by atoms with Crippen LogP contribution in [-0.4, -0.2) is 24.1 Å². The number of piperidine rings is 1. The molecule has 0 aliphatic carbocycles. The van der Waals surface area contributed by atoms with Crippen LogP contribution in [0.2, 0.25) is 0 Å². The van der Waals surface area contributed by atoms with Gasteiger partial charge in [0.05, 0.1) is 0 Å². The fourth-order valence-corrected chi connectivity index (χ4v) is 2.09. The SMILES string of the molecule is CC(OC(=O)N1CCCCC1)c1ccccc1. The smallest absolute Gasteiger partial charge is 0.410 e. The third kappa shape index (κ3) is 3.22. The van der Waals surface area contributed by atoms with Crippen molar-refractivity contribution in [2.45, 2.75) is 32.3 Å². The van der Waals surface area contributed by atoms with Gasteiger partial charge in [0, 0.05) is 13.1 Å². The van der Waals surface area contributed by atoms with E-state index in [1.807, 2.05) is 42.2 Å². The van der Waals surface area contributed by atoms with E-state index >= 15 is 0 Å². The Hall–Kier alpha value is -1.51. The van der Waals surface area contributed by atoms with Gasteiger partial charge in [0.15, 0.2) is 0 Å². The van der Waals surface area contributed by atoms with E-state index in [-0.39, 0.29) is 12.2 Å². The van der Waals surface area contributed by atoms with Crippen molar-refractivity contribution < 1.29 is 9.53 Å². The highest BCUT2D eigenvalue weighted by Gasteiger charge is 2.20.